The molecule has 0 atom stereocenters. The van der Waals surface area contributed by atoms with Gasteiger partial charge in [-0.2, -0.15) is 0 Å². The minimum absolute atomic E-state index is 0.300. The molecule has 88 valence electrons. The summed E-state index contributed by atoms with van der Waals surface area (Å²) in [7, 11) is 0. The third-order valence-corrected chi connectivity index (χ3v) is 4.11. The number of hydrogen-bond donors (Lipinski definition) is 0. The first kappa shape index (κ1) is 13.1. The lowest BCUT2D eigenvalue weighted by Crippen LogP contribution is -2.14. The van der Waals surface area contributed by atoms with Crippen molar-refractivity contribution in [2.45, 2.75) is 13.8 Å². The number of carbonyl (C=O) groups excluding carboxylic acids is 2. The van der Waals surface area contributed by atoms with Gasteiger partial charge in [0.1, 0.15) is 3.58 Å². The van der Waals surface area contributed by atoms with Crippen LogP contribution in [0, 0.1) is 0 Å². The molecule has 0 aromatic heterocycles. The van der Waals surface area contributed by atoms with Crippen LogP contribution in [0.25, 0.3) is 0 Å². The van der Waals surface area contributed by atoms with Gasteiger partial charge in [-0.05, 0) is 23.9 Å². The molecule has 1 rings (SSSR count). The van der Waals surface area contributed by atoms with Gasteiger partial charge in [0.25, 0.3) is 0 Å². The van der Waals surface area contributed by atoms with E-state index in [0.29, 0.717) is 22.4 Å². The third kappa shape index (κ3) is 3.26. The van der Waals surface area contributed by atoms with E-state index in [1.165, 1.54) is 0 Å². The Morgan fingerprint density at radius 2 is 1.81 bits per heavy atom. The molecule has 0 aliphatic carbocycles. The number of esters is 2. The van der Waals surface area contributed by atoms with Crippen molar-refractivity contribution in [1.82, 2.24) is 0 Å². The summed E-state index contributed by atoms with van der Waals surface area (Å²) in [5, 5.41) is 0. The van der Waals surface area contributed by atoms with Crippen molar-refractivity contribution in [2.24, 2.45) is 0 Å². The van der Waals surface area contributed by atoms with Gasteiger partial charge < -0.3 is 9.47 Å². The zero-order chi connectivity index (χ0) is 12.0. The summed E-state index contributed by atoms with van der Waals surface area (Å²) >= 11 is -0.597. The highest BCUT2D eigenvalue weighted by Gasteiger charge is 2.21. The number of ether oxygens (including phenoxy) is 2. The lowest BCUT2D eigenvalue weighted by Gasteiger charge is -2.09. The highest BCUT2D eigenvalue weighted by Crippen LogP contribution is 2.25. The van der Waals surface area contributed by atoms with Crippen molar-refractivity contribution in [3.05, 3.63) is 21.3 Å². The molecule has 1 heterocycles. The van der Waals surface area contributed by atoms with Crippen molar-refractivity contribution < 1.29 is 19.1 Å². The quantitative estimate of drug-likeness (QED) is 0.579. The Morgan fingerprint density at radius 1 is 1.19 bits per heavy atom. The van der Waals surface area contributed by atoms with Gasteiger partial charge in [0, 0.05) is 0 Å². The first-order valence-corrected chi connectivity index (χ1v) is 7.24. The Kier molecular flexibility index (Phi) is 5.37. The van der Waals surface area contributed by atoms with Crippen LogP contribution >= 0.6 is 20.7 Å². The molecule has 0 saturated carbocycles. The predicted molar refractivity (Wildman–Crippen MR) is 69.5 cm³/mol. The van der Waals surface area contributed by atoms with E-state index in [0.717, 1.165) is 0 Å². The van der Waals surface area contributed by atoms with Gasteiger partial charge in [-0.15, -0.1) is 0 Å². The van der Waals surface area contributed by atoms with Gasteiger partial charge in [0.05, 0.1) is 18.8 Å². The van der Waals surface area contributed by atoms with Crippen LogP contribution in [0.3, 0.4) is 0 Å². The normalized spacial score (nSPS) is 14.4. The summed E-state index contributed by atoms with van der Waals surface area (Å²) in [6.45, 7) is 4.08. The third-order valence-electron chi connectivity index (χ3n) is 1.69. The molecule has 5 heteroatoms. The van der Waals surface area contributed by atoms with Crippen LogP contribution in [0.1, 0.15) is 13.8 Å². The molecule has 1 aliphatic heterocycles. The van der Waals surface area contributed by atoms with Gasteiger partial charge in [0.15, 0.2) is 0 Å². The number of carbonyl (C=O) groups is 2. The fraction of sp³-hybridized carbons (Fsp3) is 0.364. The van der Waals surface area contributed by atoms with E-state index in [-0.39, 0.29) is 0 Å². The first-order valence-electron chi connectivity index (χ1n) is 4.92. The average Bonchev–Trinajstić information content (AvgIpc) is 2.30. The van der Waals surface area contributed by atoms with E-state index in [1.807, 2.05) is 4.01 Å². The molecule has 0 aromatic carbocycles. The Bertz CT molecular complexity index is 343. The van der Waals surface area contributed by atoms with Crippen LogP contribution < -0.4 is 0 Å². The largest absolute Gasteiger partial charge is 0.462 e. The molecule has 1 aliphatic rings. The molecule has 0 aromatic rings. The highest BCUT2D eigenvalue weighted by atomic mass is 127. The molecule has 0 bridgehead atoms. The molecule has 0 saturated heterocycles. The van der Waals surface area contributed by atoms with E-state index in [4.69, 9.17) is 9.47 Å². The second kappa shape index (κ2) is 6.57. The van der Waals surface area contributed by atoms with Crippen molar-refractivity contribution >= 4 is 36.7 Å². The van der Waals surface area contributed by atoms with Crippen LogP contribution in [0.4, 0.5) is 0 Å². The lowest BCUT2D eigenvalue weighted by atomic mass is 10.2. The second-order valence-electron chi connectivity index (χ2n) is 2.76. The molecule has 0 spiro atoms. The fourth-order valence-electron chi connectivity index (χ4n) is 1.08. The second-order valence-corrected chi connectivity index (χ2v) is 5.18. The van der Waals surface area contributed by atoms with Crippen LogP contribution in [-0.4, -0.2) is 29.2 Å². The summed E-state index contributed by atoms with van der Waals surface area (Å²) < 4.78 is 12.2. The Morgan fingerprint density at radius 3 is 2.44 bits per heavy atom. The van der Waals surface area contributed by atoms with Crippen molar-refractivity contribution in [3.8, 4) is 0 Å². The smallest absolute Gasteiger partial charge is 0.344 e. The summed E-state index contributed by atoms with van der Waals surface area (Å²) in [4.78, 5) is 23.2. The maximum absolute atomic E-state index is 11.6. The highest BCUT2D eigenvalue weighted by molar-refractivity contribution is 14.2. The Hall–Kier alpha value is -0.980. The van der Waals surface area contributed by atoms with Gasteiger partial charge >= 0.3 is 11.9 Å². The summed E-state index contributed by atoms with van der Waals surface area (Å²) in [5.41, 5.74) is 0.343. The summed E-state index contributed by atoms with van der Waals surface area (Å²) in [6.07, 6.45) is 3.38. The summed E-state index contributed by atoms with van der Waals surface area (Å²) in [5.74, 6) is -0.853. The van der Waals surface area contributed by atoms with Crippen molar-refractivity contribution in [1.29, 1.82) is 0 Å². The van der Waals surface area contributed by atoms with E-state index >= 15 is 0 Å². The molecular formula is C11H13IO4. The maximum Gasteiger partial charge on any atom is 0.344 e. The molecular weight excluding hydrogens is 323 g/mol. The van der Waals surface area contributed by atoms with Gasteiger partial charge in [-0.3, -0.25) is 0 Å². The maximum atomic E-state index is 11.6. The zero-order valence-corrected chi connectivity index (χ0v) is 11.3. The monoisotopic (exact) mass is 336 g/mol. The number of allylic oxidation sites excluding steroid dienone is 1. The first-order chi connectivity index (χ1) is 7.70. The predicted octanol–water partition coefficient (Wildman–Crippen LogP) is 1.71. The van der Waals surface area contributed by atoms with Crippen LogP contribution in [0.15, 0.2) is 21.3 Å². The average molecular weight is 336 g/mol. The Balaban J connectivity index is 2.98. The fourth-order valence-corrected chi connectivity index (χ4v) is 3.00. The van der Waals surface area contributed by atoms with Crippen molar-refractivity contribution in [2.75, 3.05) is 13.2 Å². The molecule has 0 fully saturated rings. The van der Waals surface area contributed by atoms with Crippen LogP contribution in [-0.2, 0) is 19.1 Å². The van der Waals surface area contributed by atoms with Gasteiger partial charge in [-0.25, -0.2) is 9.59 Å². The van der Waals surface area contributed by atoms with Crippen LogP contribution in [0.5, 0.6) is 0 Å². The van der Waals surface area contributed by atoms with Gasteiger partial charge in [-0.1, -0.05) is 26.8 Å². The molecule has 0 N–H and O–H groups in total. The SMILES string of the molecule is CCOC(=O)C1=C(C(=O)OCC)I=CC=C1. The summed E-state index contributed by atoms with van der Waals surface area (Å²) in [6, 6.07) is 0. The number of rotatable bonds is 4. The molecule has 0 radical (unpaired) electrons. The lowest BCUT2D eigenvalue weighted by molar-refractivity contribution is -0.140. The standard InChI is InChI=1S/C11H13IO4/c1-3-15-10(13)8-6-5-7-12-9(8)11(14)16-4-2/h5-7H,3-4H2,1-2H3. The number of halogens is 1. The van der Waals surface area contributed by atoms with E-state index < -0.39 is 32.7 Å². The van der Waals surface area contributed by atoms with E-state index in [9.17, 15) is 9.59 Å². The van der Waals surface area contributed by atoms with E-state index in [2.05, 4.69) is 0 Å². The van der Waals surface area contributed by atoms with Gasteiger partial charge in [0.2, 0.25) is 0 Å². The molecule has 0 unspecified atom stereocenters. The molecule has 0 amide bonds. The zero-order valence-electron chi connectivity index (χ0n) is 9.16. The topological polar surface area (TPSA) is 52.6 Å². The number of hydrogen-bond acceptors (Lipinski definition) is 4. The van der Waals surface area contributed by atoms with Crippen LogP contribution in [0.2, 0.25) is 0 Å². The Labute approximate surface area is 104 Å². The van der Waals surface area contributed by atoms with E-state index in [1.54, 1.807) is 26.0 Å². The molecule has 4 nitrogen and oxygen atoms in total. The minimum Gasteiger partial charge on any atom is -0.462 e. The molecule has 16 heavy (non-hydrogen) atoms. The van der Waals surface area contributed by atoms with Crippen molar-refractivity contribution in [3.63, 3.8) is 0 Å². The minimum atomic E-state index is -0.597.